The van der Waals surface area contributed by atoms with E-state index in [1.54, 1.807) is 0 Å². The molecule has 0 atom stereocenters. The van der Waals surface area contributed by atoms with Crippen LogP contribution in [-0.4, -0.2) is 25.6 Å². The van der Waals surface area contributed by atoms with Crippen molar-refractivity contribution in [2.75, 3.05) is 0 Å². The van der Waals surface area contributed by atoms with E-state index in [0.717, 1.165) is 6.07 Å². The Morgan fingerprint density at radius 1 is 1.33 bits per heavy atom. The number of nitrogens with zero attached hydrogens (tertiary/aromatic N) is 2. The van der Waals surface area contributed by atoms with E-state index in [0.29, 0.717) is 11.3 Å². The van der Waals surface area contributed by atoms with Gasteiger partial charge in [0.2, 0.25) is 0 Å². The Bertz CT molecular complexity index is 823. The van der Waals surface area contributed by atoms with Crippen LogP contribution in [0.25, 0.3) is 16.9 Å². The van der Waals surface area contributed by atoms with Crippen molar-refractivity contribution >= 4 is 5.97 Å². The summed E-state index contributed by atoms with van der Waals surface area (Å²) in [5.74, 6) is -3.07. The van der Waals surface area contributed by atoms with Gasteiger partial charge in [-0.15, -0.1) is 0 Å². The quantitative estimate of drug-likeness (QED) is 0.779. The van der Waals surface area contributed by atoms with Crippen LogP contribution in [0.5, 0.6) is 0 Å². The van der Waals surface area contributed by atoms with E-state index in [9.17, 15) is 13.6 Å². The lowest BCUT2D eigenvalue weighted by Crippen LogP contribution is -2.00. The Hall–Kier alpha value is -2.96. The van der Waals surface area contributed by atoms with Gasteiger partial charge in [0.05, 0.1) is 23.9 Å². The maximum atomic E-state index is 13.9. The first kappa shape index (κ1) is 13.0. The largest absolute Gasteiger partial charge is 0.477 e. The number of carboxylic acid groups (broad SMARTS) is 1. The molecule has 2 aromatic heterocycles. The summed E-state index contributed by atoms with van der Waals surface area (Å²) in [6.45, 7) is 0. The molecule has 0 fully saturated rings. The van der Waals surface area contributed by atoms with Crippen molar-refractivity contribution in [3.63, 3.8) is 0 Å². The molecule has 0 radical (unpaired) electrons. The summed E-state index contributed by atoms with van der Waals surface area (Å²) in [5.41, 5.74) is 0.954. The third-order valence-electron chi connectivity index (χ3n) is 3.04. The number of hydrogen-bond acceptors (Lipinski definition) is 2. The maximum Gasteiger partial charge on any atom is 0.352 e. The SMILES string of the molecule is O=C(O)c1cc(-c2cncn2-c2cccc(F)c2F)c[nH]1. The Morgan fingerprint density at radius 2 is 2.14 bits per heavy atom. The van der Waals surface area contributed by atoms with Gasteiger partial charge in [-0.2, -0.15) is 0 Å². The Kier molecular flexibility index (Phi) is 3.02. The number of H-pyrrole nitrogens is 1. The lowest BCUT2D eigenvalue weighted by molar-refractivity contribution is 0.0691. The summed E-state index contributed by atoms with van der Waals surface area (Å²) in [6, 6.07) is 5.22. The van der Waals surface area contributed by atoms with Crippen LogP contribution in [0.15, 0.2) is 43.0 Å². The summed E-state index contributed by atoms with van der Waals surface area (Å²) in [6.07, 6.45) is 4.24. The molecule has 0 unspecified atom stereocenters. The monoisotopic (exact) mass is 289 g/mol. The second-order valence-electron chi connectivity index (χ2n) is 4.33. The lowest BCUT2D eigenvalue weighted by Gasteiger charge is -2.08. The molecule has 0 spiro atoms. The Balaban J connectivity index is 2.12. The number of aromatic amines is 1. The summed E-state index contributed by atoms with van der Waals surface area (Å²) >= 11 is 0. The molecule has 0 saturated carbocycles. The van der Waals surface area contributed by atoms with Crippen molar-refractivity contribution in [2.24, 2.45) is 0 Å². The zero-order valence-corrected chi connectivity index (χ0v) is 10.5. The molecule has 0 amide bonds. The molecule has 2 N–H and O–H groups in total. The first-order valence-corrected chi connectivity index (χ1v) is 5.96. The molecule has 0 aliphatic heterocycles. The van der Waals surface area contributed by atoms with E-state index in [1.807, 2.05) is 0 Å². The van der Waals surface area contributed by atoms with Crippen molar-refractivity contribution in [3.8, 4) is 16.9 Å². The topological polar surface area (TPSA) is 70.9 Å². The van der Waals surface area contributed by atoms with Gasteiger partial charge in [-0.25, -0.2) is 18.6 Å². The molecule has 3 rings (SSSR count). The van der Waals surface area contributed by atoms with Gasteiger partial charge in [-0.3, -0.25) is 4.57 Å². The molecular weight excluding hydrogens is 280 g/mol. The summed E-state index contributed by atoms with van der Waals surface area (Å²) in [4.78, 5) is 17.4. The first-order chi connectivity index (χ1) is 10.1. The second-order valence-corrected chi connectivity index (χ2v) is 4.33. The summed E-state index contributed by atoms with van der Waals surface area (Å²) in [5, 5.41) is 8.90. The molecule has 0 aliphatic carbocycles. The Labute approximate surface area is 117 Å². The molecule has 3 aromatic rings. The van der Waals surface area contributed by atoms with Crippen LogP contribution in [0, 0.1) is 11.6 Å². The van der Waals surface area contributed by atoms with E-state index in [4.69, 9.17) is 5.11 Å². The Morgan fingerprint density at radius 3 is 2.86 bits per heavy atom. The van der Waals surface area contributed by atoms with Crippen molar-refractivity contribution in [1.82, 2.24) is 14.5 Å². The number of imidazole rings is 1. The fourth-order valence-corrected chi connectivity index (χ4v) is 2.04. The fraction of sp³-hybridized carbons (Fsp3) is 0. The molecule has 5 nitrogen and oxygen atoms in total. The van der Waals surface area contributed by atoms with E-state index in [1.165, 1.54) is 41.5 Å². The van der Waals surface area contributed by atoms with E-state index >= 15 is 0 Å². The maximum absolute atomic E-state index is 13.9. The normalized spacial score (nSPS) is 10.8. The number of rotatable bonds is 3. The highest BCUT2D eigenvalue weighted by Gasteiger charge is 2.15. The van der Waals surface area contributed by atoms with Crippen molar-refractivity contribution in [3.05, 3.63) is 60.3 Å². The van der Waals surface area contributed by atoms with Gasteiger partial charge in [0.15, 0.2) is 11.6 Å². The number of carboxylic acids is 1. The van der Waals surface area contributed by atoms with Gasteiger partial charge in [-0.1, -0.05) is 6.07 Å². The van der Waals surface area contributed by atoms with Crippen LogP contribution >= 0.6 is 0 Å². The molecule has 21 heavy (non-hydrogen) atoms. The summed E-state index contributed by atoms with van der Waals surface area (Å²) in [7, 11) is 0. The van der Waals surface area contributed by atoms with Gasteiger partial charge < -0.3 is 10.1 Å². The third-order valence-corrected chi connectivity index (χ3v) is 3.04. The average molecular weight is 289 g/mol. The number of benzene rings is 1. The van der Waals surface area contributed by atoms with Crippen LogP contribution in [0.4, 0.5) is 8.78 Å². The number of carbonyl (C=O) groups is 1. The molecule has 7 heteroatoms. The standard InChI is InChI=1S/C14H9F2N3O2/c15-9-2-1-3-11(13(9)16)19-7-17-6-12(19)8-4-10(14(20)21)18-5-8/h1-7,18H,(H,20,21). The third kappa shape index (κ3) is 2.18. The number of aromatic nitrogens is 3. The minimum Gasteiger partial charge on any atom is -0.477 e. The number of aromatic carboxylic acids is 1. The van der Waals surface area contributed by atoms with Crippen LogP contribution in [-0.2, 0) is 0 Å². The molecule has 0 bridgehead atoms. The van der Waals surface area contributed by atoms with Crippen LogP contribution in [0.2, 0.25) is 0 Å². The number of hydrogen-bond donors (Lipinski definition) is 2. The van der Waals surface area contributed by atoms with Crippen LogP contribution in [0.3, 0.4) is 0 Å². The average Bonchev–Trinajstić information content (AvgIpc) is 3.09. The van der Waals surface area contributed by atoms with Crippen LogP contribution < -0.4 is 0 Å². The number of halogens is 2. The van der Waals surface area contributed by atoms with Gasteiger partial charge in [0.1, 0.15) is 5.69 Å². The number of nitrogens with one attached hydrogen (secondary N) is 1. The van der Waals surface area contributed by atoms with Gasteiger partial charge >= 0.3 is 5.97 Å². The van der Waals surface area contributed by atoms with Gasteiger partial charge in [-0.05, 0) is 18.2 Å². The van der Waals surface area contributed by atoms with Gasteiger partial charge in [0.25, 0.3) is 0 Å². The van der Waals surface area contributed by atoms with E-state index in [2.05, 4.69) is 9.97 Å². The summed E-state index contributed by atoms with van der Waals surface area (Å²) < 4.78 is 28.5. The van der Waals surface area contributed by atoms with Crippen LogP contribution in [0.1, 0.15) is 10.5 Å². The fourth-order valence-electron chi connectivity index (χ4n) is 2.04. The molecule has 2 heterocycles. The van der Waals surface area contributed by atoms with E-state index in [-0.39, 0.29) is 11.4 Å². The highest BCUT2D eigenvalue weighted by molar-refractivity contribution is 5.87. The molecule has 0 aliphatic rings. The molecule has 0 saturated heterocycles. The minimum atomic E-state index is -1.11. The highest BCUT2D eigenvalue weighted by atomic mass is 19.2. The van der Waals surface area contributed by atoms with Crippen molar-refractivity contribution < 1.29 is 18.7 Å². The predicted molar refractivity (Wildman–Crippen MR) is 70.2 cm³/mol. The first-order valence-electron chi connectivity index (χ1n) is 5.96. The smallest absolute Gasteiger partial charge is 0.352 e. The predicted octanol–water partition coefficient (Wildman–Crippen LogP) is 2.84. The zero-order chi connectivity index (χ0) is 15.0. The lowest BCUT2D eigenvalue weighted by atomic mass is 10.2. The second kappa shape index (κ2) is 4.86. The minimum absolute atomic E-state index is 0.000532. The van der Waals surface area contributed by atoms with Gasteiger partial charge in [0, 0.05) is 11.8 Å². The van der Waals surface area contributed by atoms with E-state index < -0.39 is 17.6 Å². The van der Waals surface area contributed by atoms with Crippen molar-refractivity contribution in [2.45, 2.75) is 0 Å². The molecular formula is C14H9F2N3O2. The molecule has 106 valence electrons. The molecule has 1 aromatic carbocycles. The van der Waals surface area contributed by atoms with Crippen molar-refractivity contribution in [1.29, 1.82) is 0 Å². The highest BCUT2D eigenvalue weighted by Crippen LogP contribution is 2.25. The zero-order valence-electron chi connectivity index (χ0n) is 10.5.